The van der Waals surface area contributed by atoms with Crippen molar-refractivity contribution in [1.29, 1.82) is 0 Å². The molecule has 1 saturated heterocycles. The lowest BCUT2D eigenvalue weighted by atomic mass is 10.3. The summed E-state index contributed by atoms with van der Waals surface area (Å²) in [6.45, 7) is 0. The molecule has 3 amide bonds. The zero-order valence-electron chi connectivity index (χ0n) is 10.6. The molecule has 1 aliphatic rings. The number of nitro groups is 1. The molecular weight excluding hydrogens is 282 g/mol. The Morgan fingerprint density at radius 3 is 2.10 bits per heavy atom. The van der Waals surface area contributed by atoms with Crippen LogP contribution in [0.2, 0.25) is 0 Å². The van der Waals surface area contributed by atoms with Gasteiger partial charge in [0.2, 0.25) is 18.2 Å². The smallest absolute Gasteiger partial charge is 0.269 e. The number of hydrogen-bond donors (Lipinski definition) is 0. The molecule has 1 aliphatic heterocycles. The highest BCUT2D eigenvalue weighted by atomic mass is 16.6. The van der Waals surface area contributed by atoms with Gasteiger partial charge >= 0.3 is 0 Å². The first-order chi connectivity index (χ1) is 9.99. The fourth-order valence-corrected chi connectivity index (χ4v) is 1.40. The van der Waals surface area contributed by atoms with E-state index < -0.39 is 16.7 Å². The third kappa shape index (κ3) is 4.40. The summed E-state index contributed by atoms with van der Waals surface area (Å²) >= 11 is 0. The van der Waals surface area contributed by atoms with E-state index in [1.54, 1.807) is 0 Å². The SMILES string of the molecule is O=CN1C(=O)CCC1=O.[N-]=[N+]=Nc1ccc([N+](=O)[O-])cc1. The maximum Gasteiger partial charge on any atom is 0.269 e. The van der Waals surface area contributed by atoms with Gasteiger partial charge in [-0.1, -0.05) is 5.11 Å². The van der Waals surface area contributed by atoms with Crippen LogP contribution in [-0.4, -0.2) is 28.0 Å². The highest BCUT2D eigenvalue weighted by Crippen LogP contribution is 2.17. The van der Waals surface area contributed by atoms with Crippen LogP contribution in [0.1, 0.15) is 12.8 Å². The lowest BCUT2D eigenvalue weighted by molar-refractivity contribution is -0.384. The van der Waals surface area contributed by atoms with Gasteiger partial charge in [-0.3, -0.25) is 24.5 Å². The van der Waals surface area contributed by atoms with Crippen molar-refractivity contribution in [2.45, 2.75) is 12.8 Å². The van der Waals surface area contributed by atoms with Gasteiger partial charge in [-0.15, -0.1) is 0 Å². The first kappa shape index (κ1) is 15.8. The molecule has 0 unspecified atom stereocenters. The van der Waals surface area contributed by atoms with Crippen molar-refractivity contribution in [1.82, 2.24) is 4.90 Å². The van der Waals surface area contributed by atoms with Gasteiger partial charge in [0.15, 0.2) is 0 Å². The average Bonchev–Trinajstić information content (AvgIpc) is 2.79. The van der Waals surface area contributed by atoms with Crippen molar-refractivity contribution in [2.75, 3.05) is 0 Å². The van der Waals surface area contributed by atoms with Crippen molar-refractivity contribution in [3.63, 3.8) is 0 Å². The van der Waals surface area contributed by atoms with Crippen molar-refractivity contribution in [3.05, 3.63) is 44.8 Å². The zero-order valence-corrected chi connectivity index (χ0v) is 10.6. The Morgan fingerprint density at radius 2 is 1.76 bits per heavy atom. The van der Waals surface area contributed by atoms with E-state index >= 15 is 0 Å². The van der Waals surface area contributed by atoms with Gasteiger partial charge in [0.25, 0.3) is 5.69 Å². The van der Waals surface area contributed by atoms with E-state index in [0.29, 0.717) is 10.6 Å². The zero-order chi connectivity index (χ0) is 15.8. The van der Waals surface area contributed by atoms with Gasteiger partial charge in [0.1, 0.15) is 0 Å². The summed E-state index contributed by atoms with van der Waals surface area (Å²) in [5.74, 6) is -0.787. The number of carbonyl (C=O) groups is 3. The van der Waals surface area contributed by atoms with Gasteiger partial charge in [0.05, 0.1) is 4.92 Å². The van der Waals surface area contributed by atoms with Gasteiger partial charge < -0.3 is 0 Å². The van der Waals surface area contributed by atoms with Crippen molar-refractivity contribution in [2.24, 2.45) is 5.11 Å². The van der Waals surface area contributed by atoms with Crippen LogP contribution in [0, 0.1) is 10.1 Å². The van der Waals surface area contributed by atoms with Gasteiger partial charge in [-0.25, -0.2) is 4.90 Å². The highest BCUT2D eigenvalue weighted by molar-refractivity contribution is 6.09. The number of amides is 3. The summed E-state index contributed by atoms with van der Waals surface area (Å²) in [5, 5.41) is 13.4. The van der Waals surface area contributed by atoms with Gasteiger partial charge in [-0.05, 0) is 17.7 Å². The van der Waals surface area contributed by atoms with E-state index in [1.165, 1.54) is 24.3 Å². The first-order valence-electron chi connectivity index (χ1n) is 5.59. The van der Waals surface area contributed by atoms with Crippen LogP contribution in [0.4, 0.5) is 11.4 Å². The monoisotopic (exact) mass is 291 g/mol. The van der Waals surface area contributed by atoms with Crippen LogP contribution in [0.3, 0.4) is 0 Å². The largest absolute Gasteiger partial charge is 0.278 e. The summed E-state index contributed by atoms with van der Waals surface area (Å²) in [6.07, 6.45) is 0.618. The number of rotatable bonds is 3. The molecule has 1 aromatic carbocycles. The number of nitro benzene ring substituents is 1. The molecule has 10 nitrogen and oxygen atoms in total. The summed E-state index contributed by atoms with van der Waals surface area (Å²) in [4.78, 5) is 43.7. The molecule has 0 radical (unpaired) electrons. The summed E-state index contributed by atoms with van der Waals surface area (Å²) in [6, 6.07) is 5.34. The molecule has 0 N–H and O–H groups in total. The standard InChI is InChI=1S/C6H4N4O2.C5H5NO3/c7-9-8-5-1-3-6(4-2-5)10(11)12;7-3-6-4(8)1-2-5(6)9/h1-4H;3H,1-2H2. The van der Waals surface area contributed by atoms with Gasteiger partial charge in [-0.2, -0.15) is 0 Å². The Labute approximate surface area is 117 Å². The molecular formula is C11H9N5O5. The van der Waals surface area contributed by atoms with E-state index in [2.05, 4.69) is 10.0 Å². The van der Waals surface area contributed by atoms with Crippen LogP contribution < -0.4 is 0 Å². The molecule has 10 heteroatoms. The predicted molar refractivity (Wildman–Crippen MR) is 69.1 cm³/mol. The quantitative estimate of drug-likeness (QED) is 0.158. The molecule has 1 heterocycles. The molecule has 0 spiro atoms. The average molecular weight is 291 g/mol. The minimum Gasteiger partial charge on any atom is -0.278 e. The van der Waals surface area contributed by atoms with Crippen LogP contribution >= 0.6 is 0 Å². The number of non-ortho nitro benzene ring substituents is 1. The molecule has 0 bridgehead atoms. The topological polar surface area (TPSA) is 146 Å². The highest BCUT2D eigenvalue weighted by Gasteiger charge is 2.27. The number of likely N-dealkylation sites (tertiary alicyclic amines) is 1. The number of nitrogens with zero attached hydrogens (tertiary/aromatic N) is 5. The molecule has 0 aromatic heterocycles. The van der Waals surface area contributed by atoms with Crippen LogP contribution in [0.5, 0.6) is 0 Å². The van der Waals surface area contributed by atoms with Crippen LogP contribution in [0.25, 0.3) is 10.4 Å². The summed E-state index contributed by atoms with van der Waals surface area (Å²) in [7, 11) is 0. The molecule has 0 saturated carbocycles. The number of hydrogen-bond acceptors (Lipinski definition) is 6. The van der Waals surface area contributed by atoms with Crippen molar-refractivity contribution in [3.8, 4) is 0 Å². The van der Waals surface area contributed by atoms with E-state index in [0.717, 1.165) is 0 Å². The Hall–Kier alpha value is -3.26. The van der Waals surface area contributed by atoms with E-state index in [-0.39, 0.29) is 24.9 Å². The molecule has 21 heavy (non-hydrogen) atoms. The summed E-state index contributed by atoms with van der Waals surface area (Å²) < 4.78 is 0. The lowest BCUT2D eigenvalue weighted by Gasteiger charge is -1.99. The fourth-order valence-electron chi connectivity index (χ4n) is 1.40. The Bertz CT molecular complexity index is 583. The second kappa shape index (κ2) is 7.36. The molecule has 2 rings (SSSR count). The number of imide groups is 3. The predicted octanol–water partition coefficient (Wildman–Crippen LogP) is 1.83. The maximum atomic E-state index is 10.5. The van der Waals surface area contributed by atoms with E-state index in [4.69, 9.17) is 5.53 Å². The second-order valence-corrected chi connectivity index (χ2v) is 3.73. The van der Waals surface area contributed by atoms with Crippen molar-refractivity contribution < 1.29 is 19.3 Å². The molecule has 0 aliphatic carbocycles. The summed E-state index contributed by atoms with van der Waals surface area (Å²) in [5.41, 5.74) is 8.37. The normalized spacial score (nSPS) is 13.0. The molecule has 0 atom stereocenters. The lowest BCUT2D eigenvalue weighted by Crippen LogP contribution is -2.26. The van der Waals surface area contributed by atoms with Gasteiger partial charge in [0, 0.05) is 35.6 Å². The third-order valence-corrected chi connectivity index (χ3v) is 2.42. The minimum atomic E-state index is -0.514. The maximum absolute atomic E-state index is 10.5. The Kier molecular flexibility index (Phi) is 5.54. The minimum absolute atomic E-state index is 0.0214. The molecule has 1 fully saturated rings. The Morgan fingerprint density at radius 1 is 1.24 bits per heavy atom. The fraction of sp³-hybridized carbons (Fsp3) is 0.182. The number of carbonyl (C=O) groups excluding carboxylic acids is 3. The second-order valence-electron chi connectivity index (χ2n) is 3.73. The number of azide groups is 1. The Balaban J connectivity index is 0.000000219. The van der Waals surface area contributed by atoms with E-state index in [9.17, 15) is 24.5 Å². The van der Waals surface area contributed by atoms with Crippen molar-refractivity contribution >= 4 is 29.6 Å². The van der Waals surface area contributed by atoms with E-state index in [1.807, 2.05) is 0 Å². The first-order valence-corrected chi connectivity index (χ1v) is 5.59. The molecule has 1 aromatic rings. The number of benzene rings is 1. The van der Waals surface area contributed by atoms with Crippen LogP contribution in [0.15, 0.2) is 29.4 Å². The molecule has 108 valence electrons. The third-order valence-electron chi connectivity index (χ3n) is 2.42. The van der Waals surface area contributed by atoms with Crippen LogP contribution in [-0.2, 0) is 14.4 Å².